The van der Waals surface area contributed by atoms with E-state index in [0.29, 0.717) is 23.1 Å². The molecule has 0 aliphatic rings. The van der Waals surface area contributed by atoms with E-state index in [0.717, 1.165) is 33.4 Å². The lowest BCUT2D eigenvalue weighted by Crippen LogP contribution is -2.00. The van der Waals surface area contributed by atoms with Crippen LogP contribution in [-0.2, 0) is 16.9 Å². The van der Waals surface area contributed by atoms with Crippen LogP contribution in [-0.4, -0.2) is 47.0 Å². The molecule has 2 heterocycles. The summed E-state index contributed by atoms with van der Waals surface area (Å²) >= 11 is 3.10. The minimum Gasteiger partial charge on any atom is -0.313 e. The monoisotopic (exact) mass is 474 g/mol. The molecule has 1 N–H and O–H groups in total. The van der Waals surface area contributed by atoms with Crippen molar-refractivity contribution in [3.8, 4) is 0 Å². The number of Topliss-reactive ketones (excluding diaryl/α,β-unsaturated/α-hetero) is 1. The number of aromatic nitrogens is 3. The van der Waals surface area contributed by atoms with Gasteiger partial charge in [-0.2, -0.15) is 11.8 Å². The van der Waals surface area contributed by atoms with Crippen molar-refractivity contribution in [2.45, 2.75) is 17.7 Å². The molecule has 0 saturated heterocycles. The topological polar surface area (TPSA) is 94.0 Å². The second-order valence-corrected chi connectivity index (χ2v) is 11.3. The Balaban J connectivity index is 1.61. The lowest BCUT2D eigenvalue weighted by atomic mass is 10.1. The van der Waals surface area contributed by atoms with Crippen LogP contribution in [0.4, 0.5) is 11.1 Å². The van der Waals surface area contributed by atoms with Gasteiger partial charge < -0.3 is 9.88 Å². The second kappa shape index (κ2) is 8.60. The van der Waals surface area contributed by atoms with Gasteiger partial charge in [-0.15, -0.1) is 0 Å². The molecule has 0 radical (unpaired) electrons. The molecule has 0 bridgehead atoms. The number of hydrogen-bond acceptors (Lipinski definition) is 8. The van der Waals surface area contributed by atoms with Gasteiger partial charge in [0.1, 0.15) is 0 Å². The number of fused-ring (bicyclic) bond motifs is 2. The number of sulfone groups is 1. The molecule has 0 unspecified atom stereocenters. The average molecular weight is 475 g/mol. The van der Waals surface area contributed by atoms with Gasteiger partial charge in [0.25, 0.3) is 0 Å². The van der Waals surface area contributed by atoms with Gasteiger partial charge >= 0.3 is 0 Å². The molecule has 31 heavy (non-hydrogen) atoms. The van der Waals surface area contributed by atoms with Crippen LogP contribution in [0.5, 0.6) is 0 Å². The van der Waals surface area contributed by atoms with Gasteiger partial charge in [0.05, 0.1) is 26.1 Å². The van der Waals surface area contributed by atoms with E-state index in [2.05, 4.69) is 15.3 Å². The van der Waals surface area contributed by atoms with Crippen molar-refractivity contribution in [2.75, 3.05) is 23.6 Å². The highest BCUT2D eigenvalue weighted by atomic mass is 32.2. The van der Waals surface area contributed by atoms with E-state index >= 15 is 0 Å². The van der Waals surface area contributed by atoms with Gasteiger partial charge in [0, 0.05) is 25.3 Å². The van der Waals surface area contributed by atoms with Crippen LogP contribution in [0, 0.1) is 0 Å². The second-order valence-electron chi connectivity index (χ2n) is 7.26. The number of ketones is 1. The van der Waals surface area contributed by atoms with Crippen molar-refractivity contribution < 1.29 is 13.2 Å². The number of hydrogen-bond donors (Lipinski definition) is 1. The summed E-state index contributed by atoms with van der Waals surface area (Å²) in [4.78, 5) is 21.9. The maximum absolute atomic E-state index is 12.4. The van der Waals surface area contributed by atoms with E-state index in [1.54, 1.807) is 30.0 Å². The van der Waals surface area contributed by atoms with Gasteiger partial charge in [0.2, 0.25) is 5.95 Å². The van der Waals surface area contributed by atoms with Crippen LogP contribution in [0.1, 0.15) is 23.2 Å². The number of imidazole rings is 1. The molecule has 0 aliphatic heterocycles. The maximum atomic E-state index is 12.4. The quantitative estimate of drug-likeness (QED) is 0.293. The average Bonchev–Trinajstić information content (AvgIpc) is 3.27. The summed E-state index contributed by atoms with van der Waals surface area (Å²) in [7, 11) is -1.38. The molecular weight excluding hydrogens is 452 g/mol. The highest BCUT2D eigenvalue weighted by Gasteiger charge is 2.15. The Hall–Kier alpha value is -2.43. The highest BCUT2D eigenvalue weighted by Crippen LogP contribution is 2.31. The van der Waals surface area contributed by atoms with Crippen LogP contribution < -0.4 is 5.32 Å². The van der Waals surface area contributed by atoms with Crippen molar-refractivity contribution in [3.05, 3.63) is 42.0 Å². The van der Waals surface area contributed by atoms with Crippen molar-refractivity contribution in [1.82, 2.24) is 14.5 Å². The number of nitrogens with one attached hydrogen (secondary N) is 1. The highest BCUT2D eigenvalue weighted by molar-refractivity contribution is 7.98. The first kappa shape index (κ1) is 21.8. The number of carbonyl (C=O) groups excluding carboxylic acids is 1. The summed E-state index contributed by atoms with van der Waals surface area (Å²) in [6.45, 7) is 0. The third-order valence-corrected chi connectivity index (χ3v) is 7.70. The molecule has 4 rings (SSSR count). The molecule has 4 aromatic rings. The predicted molar refractivity (Wildman–Crippen MR) is 129 cm³/mol. The molecule has 2 aromatic carbocycles. The first-order valence-corrected chi connectivity index (χ1v) is 13.7. The van der Waals surface area contributed by atoms with Crippen LogP contribution in [0.2, 0.25) is 0 Å². The number of nitrogens with zero attached hydrogens (tertiary/aromatic N) is 3. The smallest absolute Gasteiger partial charge is 0.209 e. The Morgan fingerprint density at radius 3 is 2.71 bits per heavy atom. The molecule has 10 heteroatoms. The molecule has 2 aromatic heterocycles. The van der Waals surface area contributed by atoms with Crippen LogP contribution in [0.3, 0.4) is 0 Å². The summed E-state index contributed by atoms with van der Waals surface area (Å²) in [5, 5.41) is 3.84. The van der Waals surface area contributed by atoms with Crippen molar-refractivity contribution >= 4 is 71.0 Å². The molecule has 0 atom stereocenters. The molecule has 0 aliphatic carbocycles. The van der Waals surface area contributed by atoms with E-state index in [-0.39, 0.29) is 10.7 Å². The molecule has 0 fully saturated rings. The predicted octanol–water partition coefficient (Wildman–Crippen LogP) is 4.66. The molecule has 0 amide bonds. The Kier molecular flexibility index (Phi) is 6.05. The van der Waals surface area contributed by atoms with Gasteiger partial charge in [0.15, 0.2) is 20.8 Å². The molecule has 0 saturated carbocycles. The summed E-state index contributed by atoms with van der Waals surface area (Å²) in [6.07, 6.45) is 4.63. The van der Waals surface area contributed by atoms with Crippen LogP contribution in [0.25, 0.3) is 21.3 Å². The third-order valence-electron chi connectivity index (χ3n) is 4.96. The number of aryl methyl sites for hydroxylation is 1. The summed E-state index contributed by atoms with van der Waals surface area (Å²) < 4.78 is 26.3. The summed E-state index contributed by atoms with van der Waals surface area (Å²) in [6, 6.07) is 10.5. The van der Waals surface area contributed by atoms with Crippen molar-refractivity contribution in [3.63, 3.8) is 0 Å². The van der Waals surface area contributed by atoms with Gasteiger partial charge in [-0.05, 0) is 54.8 Å². The SMILES string of the molecule is CSCCCC(=O)c1ccc2c(c1)nc(Nc1nc3ccc(S(C)(=O)=O)cc3s1)n2C. The summed E-state index contributed by atoms with van der Waals surface area (Å²) in [5.74, 6) is 1.70. The number of thiazole rings is 1. The molecule has 7 nitrogen and oxygen atoms in total. The Morgan fingerprint density at radius 1 is 1.16 bits per heavy atom. The van der Waals surface area contributed by atoms with Crippen LogP contribution >= 0.6 is 23.1 Å². The zero-order chi connectivity index (χ0) is 22.2. The zero-order valence-corrected chi connectivity index (χ0v) is 19.8. The van der Waals surface area contributed by atoms with Crippen molar-refractivity contribution in [1.29, 1.82) is 0 Å². The lowest BCUT2D eigenvalue weighted by Gasteiger charge is -2.03. The largest absolute Gasteiger partial charge is 0.313 e. The Labute approximate surface area is 188 Å². The standard InChI is InChI=1S/C21H22N4O3S3/c1-25-17-9-6-13(18(26)5-4-10-29-2)11-16(17)22-20(25)24-21-23-15-8-7-14(31(3,27)28)12-19(15)30-21/h6-9,11-12H,4-5,10H2,1-3H3,(H,22,23,24). The first-order valence-electron chi connectivity index (χ1n) is 9.62. The fourth-order valence-electron chi connectivity index (χ4n) is 3.29. The Bertz CT molecular complexity index is 1390. The fourth-order valence-corrected chi connectivity index (χ4v) is 5.34. The number of anilines is 2. The minimum atomic E-state index is -3.27. The third kappa shape index (κ3) is 4.60. The number of rotatable bonds is 8. The van der Waals surface area contributed by atoms with Gasteiger partial charge in [-0.1, -0.05) is 11.3 Å². The normalized spacial score (nSPS) is 12.0. The van der Waals surface area contributed by atoms with Gasteiger partial charge in [-0.3, -0.25) is 4.79 Å². The first-order chi connectivity index (χ1) is 14.8. The van der Waals surface area contributed by atoms with Crippen LogP contribution in [0.15, 0.2) is 41.3 Å². The molecule has 162 valence electrons. The summed E-state index contributed by atoms with van der Waals surface area (Å²) in [5.41, 5.74) is 3.04. The fraction of sp³-hybridized carbons (Fsp3) is 0.286. The number of carbonyl (C=O) groups is 1. The van der Waals surface area contributed by atoms with E-state index in [9.17, 15) is 13.2 Å². The van der Waals surface area contributed by atoms with E-state index < -0.39 is 9.84 Å². The molecular formula is C21H22N4O3S3. The maximum Gasteiger partial charge on any atom is 0.209 e. The zero-order valence-electron chi connectivity index (χ0n) is 17.4. The van der Waals surface area contributed by atoms with E-state index in [4.69, 9.17) is 0 Å². The van der Waals surface area contributed by atoms with E-state index in [1.807, 2.05) is 36.1 Å². The van der Waals surface area contributed by atoms with Gasteiger partial charge in [-0.25, -0.2) is 18.4 Å². The Morgan fingerprint density at radius 2 is 1.97 bits per heavy atom. The molecule has 0 spiro atoms. The van der Waals surface area contributed by atoms with Crippen molar-refractivity contribution in [2.24, 2.45) is 7.05 Å². The number of thioether (sulfide) groups is 1. The minimum absolute atomic E-state index is 0.129. The van der Waals surface area contributed by atoms with E-state index in [1.165, 1.54) is 17.6 Å². The lowest BCUT2D eigenvalue weighted by molar-refractivity contribution is 0.0982. The number of benzene rings is 2.